The normalized spacial score (nSPS) is 19.4. The summed E-state index contributed by atoms with van der Waals surface area (Å²) < 4.78 is 0. The van der Waals surface area contributed by atoms with Crippen LogP contribution in [0.15, 0.2) is 6.33 Å². The van der Waals surface area contributed by atoms with E-state index in [0.717, 1.165) is 19.5 Å². The number of nitrogens with zero attached hydrogens (tertiary/aromatic N) is 4. The fourth-order valence-electron chi connectivity index (χ4n) is 2.68. The summed E-state index contributed by atoms with van der Waals surface area (Å²) in [6, 6.07) is 0.628. The van der Waals surface area contributed by atoms with E-state index in [4.69, 9.17) is 5.73 Å². The van der Waals surface area contributed by atoms with Crippen molar-refractivity contribution < 1.29 is 4.92 Å². The third-order valence-corrected chi connectivity index (χ3v) is 3.89. The molecular weight excluding hydrogens is 272 g/mol. The number of likely N-dealkylation sites (tertiary alicyclic amines) is 1. The zero-order valence-electron chi connectivity index (χ0n) is 12.3. The van der Waals surface area contributed by atoms with Gasteiger partial charge in [-0.15, -0.1) is 0 Å². The lowest BCUT2D eigenvalue weighted by Crippen LogP contribution is -2.38. The van der Waals surface area contributed by atoms with Gasteiger partial charge in [-0.2, -0.15) is 0 Å². The first-order valence-electron chi connectivity index (χ1n) is 7.32. The van der Waals surface area contributed by atoms with Gasteiger partial charge in [0.05, 0.1) is 4.92 Å². The van der Waals surface area contributed by atoms with Crippen molar-refractivity contribution in [2.75, 3.05) is 30.7 Å². The van der Waals surface area contributed by atoms with Crippen molar-refractivity contribution in [3.8, 4) is 0 Å². The Labute approximate surface area is 123 Å². The summed E-state index contributed by atoms with van der Waals surface area (Å²) in [6.45, 7) is 5.01. The highest BCUT2D eigenvalue weighted by Crippen LogP contribution is 2.26. The predicted molar refractivity (Wildman–Crippen MR) is 81.1 cm³/mol. The third-order valence-electron chi connectivity index (χ3n) is 3.89. The molecule has 1 unspecified atom stereocenters. The third kappa shape index (κ3) is 4.01. The summed E-state index contributed by atoms with van der Waals surface area (Å²) in [5.41, 5.74) is 5.27. The number of nitro groups is 1. The van der Waals surface area contributed by atoms with Crippen LogP contribution in [0.2, 0.25) is 0 Å². The van der Waals surface area contributed by atoms with Crippen LogP contribution in [0, 0.1) is 10.1 Å². The highest BCUT2D eigenvalue weighted by atomic mass is 16.6. The number of hydrogen-bond acceptors (Lipinski definition) is 7. The molecule has 8 heteroatoms. The first kappa shape index (κ1) is 15.4. The van der Waals surface area contributed by atoms with Crippen LogP contribution in [0.4, 0.5) is 17.3 Å². The van der Waals surface area contributed by atoms with Gasteiger partial charge in [0.1, 0.15) is 6.33 Å². The van der Waals surface area contributed by atoms with Crippen LogP contribution in [0.1, 0.15) is 32.6 Å². The zero-order valence-corrected chi connectivity index (χ0v) is 12.3. The van der Waals surface area contributed by atoms with Gasteiger partial charge in [-0.3, -0.25) is 10.1 Å². The van der Waals surface area contributed by atoms with Gasteiger partial charge < -0.3 is 16.0 Å². The maximum Gasteiger partial charge on any atom is 0.352 e. The van der Waals surface area contributed by atoms with E-state index in [9.17, 15) is 10.1 Å². The van der Waals surface area contributed by atoms with E-state index in [2.05, 4.69) is 27.1 Å². The van der Waals surface area contributed by atoms with Crippen LogP contribution >= 0.6 is 0 Å². The van der Waals surface area contributed by atoms with Crippen LogP contribution in [-0.2, 0) is 0 Å². The lowest BCUT2D eigenvalue weighted by molar-refractivity contribution is -0.383. The summed E-state index contributed by atoms with van der Waals surface area (Å²) in [5.74, 6) is 0.0846. The number of nitrogens with two attached hydrogens (primary N) is 1. The van der Waals surface area contributed by atoms with Gasteiger partial charge in [0.15, 0.2) is 0 Å². The molecule has 1 fully saturated rings. The van der Waals surface area contributed by atoms with Crippen molar-refractivity contribution in [3.63, 3.8) is 0 Å². The van der Waals surface area contributed by atoms with Gasteiger partial charge in [-0.1, -0.05) is 6.42 Å². The zero-order chi connectivity index (χ0) is 15.2. The van der Waals surface area contributed by atoms with Crippen molar-refractivity contribution >= 4 is 17.3 Å². The van der Waals surface area contributed by atoms with E-state index in [1.165, 1.54) is 25.6 Å². The molecule has 0 spiro atoms. The average Bonchev–Trinajstić information content (AvgIpc) is 2.45. The summed E-state index contributed by atoms with van der Waals surface area (Å²) >= 11 is 0. The number of piperidine rings is 1. The van der Waals surface area contributed by atoms with Gasteiger partial charge in [-0.05, 0) is 32.7 Å². The summed E-state index contributed by atoms with van der Waals surface area (Å²) in [4.78, 5) is 20.4. The minimum atomic E-state index is -0.551. The molecule has 2 heterocycles. The number of rotatable bonds is 6. The lowest BCUT2D eigenvalue weighted by Gasteiger charge is -2.33. The molecule has 3 N–H and O–H groups in total. The molecule has 0 amide bonds. The first-order valence-corrected chi connectivity index (χ1v) is 7.32. The van der Waals surface area contributed by atoms with Crippen molar-refractivity contribution in [1.82, 2.24) is 14.9 Å². The molecule has 1 atom stereocenters. The fourth-order valence-corrected chi connectivity index (χ4v) is 2.68. The van der Waals surface area contributed by atoms with Crippen molar-refractivity contribution in [2.24, 2.45) is 0 Å². The van der Waals surface area contributed by atoms with E-state index in [-0.39, 0.29) is 17.3 Å². The molecule has 1 aliphatic rings. The molecule has 2 rings (SSSR count). The predicted octanol–water partition coefficient (Wildman–Crippen LogP) is 1.64. The van der Waals surface area contributed by atoms with Gasteiger partial charge in [0.2, 0.25) is 11.6 Å². The highest BCUT2D eigenvalue weighted by Gasteiger charge is 2.21. The molecule has 1 aliphatic heterocycles. The molecule has 8 nitrogen and oxygen atoms in total. The highest BCUT2D eigenvalue weighted by molar-refractivity contribution is 5.67. The molecule has 1 saturated heterocycles. The maximum absolute atomic E-state index is 11.0. The van der Waals surface area contributed by atoms with Crippen LogP contribution in [0.25, 0.3) is 0 Å². The summed E-state index contributed by atoms with van der Waals surface area (Å²) in [6.07, 6.45) is 5.96. The van der Waals surface area contributed by atoms with E-state index >= 15 is 0 Å². The van der Waals surface area contributed by atoms with Crippen molar-refractivity contribution in [2.45, 2.75) is 38.6 Å². The van der Waals surface area contributed by atoms with E-state index in [1.54, 1.807) is 0 Å². The fraction of sp³-hybridized carbons (Fsp3) is 0.692. The van der Waals surface area contributed by atoms with E-state index in [0.29, 0.717) is 12.6 Å². The Morgan fingerprint density at radius 3 is 3.05 bits per heavy atom. The minimum absolute atomic E-state index is 0.109. The molecule has 0 saturated carbocycles. The smallest absolute Gasteiger partial charge is 0.352 e. The second-order valence-electron chi connectivity index (χ2n) is 5.37. The molecule has 0 aromatic carbocycles. The van der Waals surface area contributed by atoms with Gasteiger partial charge >= 0.3 is 5.69 Å². The summed E-state index contributed by atoms with van der Waals surface area (Å²) in [5, 5.41) is 14.0. The molecule has 1 aromatic rings. The van der Waals surface area contributed by atoms with Crippen LogP contribution in [-0.4, -0.2) is 45.5 Å². The first-order chi connectivity index (χ1) is 10.1. The second-order valence-corrected chi connectivity index (χ2v) is 5.37. The Balaban J connectivity index is 1.84. The number of nitrogens with one attached hydrogen (secondary N) is 1. The number of hydrogen-bond donors (Lipinski definition) is 2. The Morgan fingerprint density at radius 1 is 1.52 bits per heavy atom. The lowest BCUT2D eigenvalue weighted by atomic mass is 10.0. The number of nitrogen functional groups attached to an aromatic ring is 1. The Kier molecular flexibility index (Phi) is 5.26. The Morgan fingerprint density at radius 2 is 2.33 bits per heavy atom. The van der Waals surface area contributed by atoms with Crippen molar-refractivity contribution in [1.29, 1.82) is 0 Å². The largest absolute Gasteiger partial charge is 0.378 e. The van der Waals surface area contributed by atoms with Gasteiger partial charge in [0, 0.05) is 19.1 Å². The van der Waals surface area contributed by atoms with E-state index < -0.39 is 4.92 Å². The standard InChI is InChI=1S/C13H22N6O2/c1-10-5-2-3-7-18(10)8-4-6-15-13-11(19(20)21)12(14)16-9-17-13/h9-10H,2-8H2,1H3,(H3,14,15,16,17). The Hall–Kier alpha value is -1.96. The van der Waals surface area contributed by atoms with E-state index in [1.807, 2.05) is 0 Å². The topological polar surface area (TPSA) is 110 Å². The van der Waals surface area contributed by atoms with Gasteiger partial charge in [-0.25, -0.2) is 9.97 Å². The number of aromatic nitrogens is 2. The molecule has 1 aromatic heterocycles. The molecule has 0 bridgehead atoms. The number of anilines is 2. The maximum atomic E-state index is 11.0. The minimum Gasteiger partial charge on any atom is -0.378 e. The molecule has 0 radical (unpaired) electrons. The quantitative estimate of drug-likeness (QED) is 0.466. The molecule has 116 valence electrons. The van der Waals surface area contributed by atoms with Crippen LogP contribution in [0.5, 0.6) is 0 Å². The molecule has 21 heavy (non-hydrogen) atoms. The average molecular weight is 294 g/mol. The molecular formula is C13H22N6O2. The van der Waals surface area contributed by atoms with Gasteiger partial charge in [0.25, 0.3) is 0 Å². The van der Waals surface area contributed by atoms with Crippen molar-refractivity contribution in [3.05, 3.63) is 16.4 Å². The second kappa shape index (κ2) is 7.16. The monoisotopic (exact) mass is 294 g/mol. The SMILES string of the molecule is CC1CCCCN1CCCNc1ncnc(N)c1[N+](=O)[O-]. The molecule has 0 aliphatic carbocycles. The summed E-state index contributed by atoms with van der Waals surface area (Å²) in [7, 11) is 0. The van der Waals surface area contributed by atoms with Crippen LogP contribution in [0.3, 0.4) is 0 Å². The Bertz CT molecular complexity index is 496. The van der Waals surface area contributed by atoms with Crippen LogP contribution < -0.4 is 11.1 Å².